The number of hydrogen-bond donors (Lipinski definition) is 1. The molecule has 1 atom stereocenters. The van der Waals surface area contributed by atoms with Crippen LogP contribution in [0.4, 0.5) is 0 Å². The number of nitrogens with zero attached hydrogens (tertiary/aromatic N) is 1. The Hall–Kier alpha value is -1.11. The van der Waals surface area contributed by atoms with E-state index in [1.165, 1.54) is 4.31 Å². The summed E-state index contributed by atoms with van der Waals surface area (Å²) >= 11 is 0. The highest BCUT2D eigenvalue weighted by atomic mass is 32.2. The highest BCUT2D eigenvalue weighted by molar-refractivity contribution is 7.89. The molecule has 0 heterocycles. The largest absolute Gasteiger partial charge is 0.497 e. The molecule has 21 heavy (non-hydrogen) atoms. The van der Waals surface area contributed by atoms with E-state index in [0.717, 1.165) is 24.2 Å². The van der Waals surface area contributed by atoms with Gasteiger partial charge in [-0.1, -0.05) is 12.1 Å². The van der Waals surface area contributed by atoms with Gasteiger partial charge in [0.2, 0.25) is 10.0 Å². The molecule has 0 spiro atoms. The first-order valence-corrected chi connectivity index (χ1v) is 8.75. The van der Waals surface area contributed by atoms with Crippen LogP contribution in [0.25, 0.3) is 0 Å². The van der Waals surface area contributed by atoms with Crippen molar-refractivity contribution >= 4 is 10.0 Å². The van der Waals surface area contributed by atoms with Crippen molar-refractivity contribution in [3.63, 3.8) is 0 Å². The third-order valence-corrected chi connectivity index (χ3v) is 5.94. The Bertz CT molecular complexity index is 570. The number of nitrogens with one attached hydrogen (secondary N) is 1. The second kappa shape index (κ2) is 6.77. The minimum Gasteiger partial charge on any atom is -0.497 e. The van der Waals surface area contributed by atoms with Gasteiger partial charge < -0.3 is 10.1 Å². The van der Waals surface area contributed by atoms with Crippen LogP contribution < -0.4 is 10.1 Å². The first-order valence-electron chi connectivity index (χ1n) is 7.25. The molecule has 1 fully saturated rings. The molecule has 1 unspecified atom stereocenters. The molecule has 2 rings (SSSR count). The highest BCUT2D eigenvalue weighted by Crippen LogP contribution is 2.20. The zero-order chi connectivity index (χ0) is 15.5. The minimum atomic E-state index is -3.29. The summed E-state index contributed by atoms with van der Waals surface area (Å²) in [4.78, 5) is 0. The first-order chi connectivity index (χ1) is 9.93. The van der Waals surface area contributed by atoms with Crippen molar-refractivity contribution in [1.29, 1.82) is 0 Å². The van der Waals surface area contributed by atoms with E-state index in [9.17, 15) is 8.42 Å². The lowest BCUT2D eigenvalue weighted by Gasteiger charge is -2.22. The van der Waals surface area contributed by atoms with Gasteiger partial charge in [0.15, 0.2) is 0 Å². The van der Waals surface area contributed by atoms with Crippen LogP contribution in [-0.4, -0.2) is 44.7 Å². The van der Waals surface area contributed by atoms with E-state index in [4.69, 9.17) is 4.74 Å². The van der Waals surface area contributed by atoms with Crippen molar-refractivity contribution in [2.75, 3.05) is 20.7 Å². The van der Waals surface area contributed by atoms with Crippen molar-refractivity contribution in [2.45, 2.75) is 37.6 Å². The maximum absolute atomic E-state index is 12.5. The third kappa shape index (κ3) is 4.43. The fourth-order valence-corrected chi connectivity index (χ4v) is 3.40. The standard InChI is InChI=1S/C15H24N2O3S/c1-12(10-16-14-7-8-14)21(18,19)17(2)11-13-5-4-6-15(9-13)20-3/h4-6,9,12,14,16H,7-8,10-11H2,1-3H3. The van der Waals surface area contributed by atoms with E-state index in [1.807, 2.05) is 24.3 Å². The van der Waals surface area contributed by atoms with E-state index in [2.05, 4.69) is 5.32 Å². The Kier molecular flexibility index (Phi) is 5.24. The van der Waals surface area contributed by atoms with Crippen molar-refractivity contribution < 1.29 is 13.2 Å². The van der Waals surface area contributed by atoms with Crippen LogP contribution in [0.3, 0.4) is 0 Å². The predicted molar refractivity (Wildman–Crippen MR) is 83.9 cm³/mol. The molecule has 0 amide bonds. The molecule has 0 aliphatic heterocycles. The Morgan fingerprint density at radius 3 is 2.76 bits per heavy atom. The minimum absolute atomic E-state index is 0.354. The van der Waals surface area contributed by atoms with Crippen LogP contribution in [0.15, 0.2) is 24.3 Å². The number of benzene rings is 1. The Morgan fingerprint density at radius 2 is 2.14 bits per heavy atom. The molecular weight excluding hydrogens is 288 g/mol. The van der Waals surface area contributed by atoms with Gasteiger partial charge in [0.05, 0.1) is 12.4 Å². The second-order valence-corrected chi connectivity index (χ2v) is 8.10. The van der Waals surface area contributed by atoms with Gasteiger partial charge in [-0.3, -0.25) is 0 Å². The Labute approximate surface area is 127 Å². The number of sulfonamides is 1. The summed E-state index contributed by atoms with van der Waals surface area (Å²) < 4.78 is 31.5. The topological polar surface area (TPSA) is 58.6 Å². The van der Waals surface area contributed by atoms with Crippen LogP contribution in [-0.2, 0) is 16.6 Å². The summed E-state index contributed by atoms with van der Waals surface area (Å²) in [5, 5.41) is 2.85. The quantitative estimate of drug-likeness (QED) is 0.792. The van der Waals surface area contributed by atoms with Gasteiger partial charge in [-0.15, -0.1) is 0 Å². The molecule has 0 aromatic heterocycles. The van der Waals surface area contributed by atoms with Crippen LogP contribution >= 0.6 is 0 Å². The van der Waals surface area contributed by atoms with E-state index in [-0.39, 0.29) is 0 Å². The molecule has 0 saturated heterocycles. The summed E-state index contributed by atoms with van der Waals surface area (Å²) in [6, 6.07) is 8.00. The monoisotopic (exact) mass is 312 g/mol. The van der Waals surface area contributed by atoms with Crippen molar-refractivity contribution in [3.05, 3.63) is 29.8 Å². The van der Waals surface area contributed by atoms with Gasteiger partial charge in [-0.2, -0.15) is 0 Å². The van der Waals surface area contributed by atoms with Gasteiger partial charge in [0.1, 0.15) is 5.75 Å². The summed E-state index contributed by atoms with van der Waals surface area (Å²) in [5.74, 6) is 0.738. The van der Waals surface area contributed by atoms with Crippen LogP contribution in [0.2, 0.25) is 0 Å². The number of rotatable bonds is 8. The fourth-order valence-electron chi connectivity index (χ4n) is 2.15. The third-order valence-electron chi connectivity index (χ3n) is 3.75. The van der Waals surface area contributed by atoms with Gasteiger partial charge in [-0.05, 0) is 37.5 Å². The summed E-state index contributed by atoms with van der Waals surface area (Å²) in [6.07, 6.45) is 2.32. The van der Waals surface area contributed by atoms with Crippen LogP contribution in [0, 0.1) is 0 Å². The molecule has 1 aliphatic carbocycles. The molecule has 118 valence electrons. The molecule has 1 aromatic carbocycles. The average molecular weight is 312 g/mol. The molecule has 1 N–H and O–H groups in total. The van der Waals surface area contributed by atoms with E-state index in [1.54, 1.807) is 21.1 Å². The summed E-state index contributed by atoms with van der Waals surface area (Å²) in [6.45, 7) is 2.62. The zero-order valence-corrected chi connectivity index (χ0v) is 13.7. The maximum atomic E-state index is 12.5. The van der Waals surface area contributed by atoms with Crippen molar-refractivity contribution in [1.82, 2.24) is 9.62 Å². The normalized spacial score (nSPS) is 17.0. The smallest absolute Gasteiger partial charge is 0.218 e. The van der Waals surface area contributed by atoms with Crippen molar-refractivity contribution in [2.24, 2.45) is 0 Å². The molecular formula is C15H24N2O3S. The molecule has 1 aliphatic rings. The molecule has 0 bridgehead atoms. The lowest BCUT2D eigenvalue weighted by molar-refractivity contribution is 0.412. The fraction of sp³-hybridized carbons (Fsp3) is 0.600. The number of methoxy groups -OCH3 is 1. The average Bonchev–Trinajstić information content (AvgIpc) is 3.28. The number of ether oxygens (including phenoxy) is 1. The van der Waals surface area contributed by atoms with Gasteiger partial charge in [0, 0.05) is 26.2 Å². The summed E-state index contributed by atoms with van der Waals surface area (Å²) in [5.41, 5.74) is 0.919. The second-order valence-electron chi connectivity index (χ2n) is 5.65. The number of hydrogen-bond acceptors (Lipinski definition) is 4. The van der Waals surface area contributed by atoms with Crippen molar-refractivity contribution in [3.8, 4) is 5.75 Å². The molecule has 0 radical (unpaired) electrons. The molecule has 5 nitrogen and oxygen atoms in total. The maximum Gasteiger partial charge on any atom is 0.218 e. The zero-order valence-electron chi connectivity index (χ0n) is 12.9. The van der Waals surface area contributed by atoms with Crippen LogP contribution in [0.5, 0.6) is 5.75 Å². The van der Waals surface area contributed by atoms with Gasteiger partial charge in [0.25, 0.3) is 0 Å². The SMILES string of the molecule is COc1cccc(CN(C)S(=O)(=O)C(C)CNC2CC2)c1. The molecule has 1 saturated carbocycles. The summed E-state index contributed by atoms with van der Waals surface area (Å²) in [7, 11) is -0.0648. The lowest BCUT2D eigenvalue weighted by Crippen LogP contribution is -2.40. The van der Waals surface area contributed by atoms with E-state index < -0.39 is 15.3 Å². The van der Waals surface area contributed by atoms with E-state index in [0.29, 0.717) is 19.1 Å². The molecule has 6 heteroatoms. The predicted octanol–water partition coefficient (Wildman–Crippen LogP) is 1.60. The Balaban J connectivity index is 1.97. The lowest BCUT2D eigenvalue weighted by atomic mass is 10.2. The van der Waals surface area contributed by atoms with Gasteiger partial charge in [-0.25, -0.2) is 12.7 Å². The van der Waals surface area contributed by atoms with E-state index >= 15 is 0 Å². The first kappa shape index (κ1) is 16.3. The van der Waals surface area contributed by atoms with Crippen LogP contribution in [0.1, 0.15) is 25.3 Å². The Morgan fingerprint density at radius 1 is 1.43 bits per heavy atom. The molecule has 1 aromatic rings. The highest BCUT2D eigenvalue weighted by Gasteiger charge is 2.28. The van der Waals surface area contributed by atoms with Gasteiger partial charge >= 0.3 is 0 Å².